The van der Waals surface area contributed by atoms with Crippen LogP contribution in [0.1, 0.15) is 26.3 Å². The Morgan fingerprint density at radius 1 is 1.13 bits per heavy atom. The van der Waals surface area contributed by atoms with Gasteiger partial charge in [-0.25, -0.2) is 4.79 Å². The Bertz CT molecular complexity index is 443. The Balaban J connectivity index is 2.31. The van der Waals surface area contributed by atoms with Gasteiger partial charge in [-0.1, -0.05) is 12.1 Å². The van der Waals surface area contributed by atoms with Crippen LogP contribution in [-0.2, 0) is 25.4 Å². The number of ether oxygens (including phenoxy) is 4. The number of aliphatic hydroxyl groups is 1. The largest absolute Gasteiger partial charge is 0.491 e. The van der Waals surface area contributed by atoms with Gasteiger partial charge in [0, 0.05) is 13.0 Å². The highest BCUT2D eigenvalue weighted by Gasteiger charge is 2.18. The molecule has 23 heavy (non-hydrogen) atoms. The molecule has 0 aliphatic carbocycles. The number of carbonyl (C=O) groups is 1. The molecule has 1 aromatic carbocycles. The zero-order valence-electron chi connectivity index (χ0n) is 14.0. The molecule has 1 rings (SSSR count). The number of benzene rings is 1. The van der Waals surface area contributed by atoms with Crippen molar-refractivity contribution < 1.29 is 28.8 Å². The summed E-state index contributed by atoms with van der Waals surface area (Å²) in [5.41, 5.74) is 0.832. The Labute approximate surface area is 137 Å². The van der Waals surface area contributed by atoms with Crippen molar-refractivity contribution in [2.75, 3.05) is 26.6 Å². The first kappa shape index (κ1) is 19.4. The van der Waals surface area contributed by atoms with Gasteiger partial charge in [0.25, 0.3) is 0 Å². The first-order valence-electron chi connectivity index (χ1n) is 7.78. The maximum Gasteiger partial charge on any atom is 0.335 e. The summed E-state index contributed by atoms with van der Waals surface area (Å²) in [7, 11) is 0. The van der Waals surface area contributed by atoms with Crippen LogP contribution in [0.4, 0.5) is 0 Å². The average Bonchev–Trinajstić information content (AvgIpc) is 2.51. The fraction of sp³-hybridized carbons (Fsp3) is 0.588. The van der Waals surface area contributed by atoms with Gasteiger partial charge >= 0.3 is 5.97 Å². The molecular formula is C17H26O6. The lowest BCUT2D eigenvalue weighted by Gasteiger charge is -2.13. The van der Waals surface area contributed by atoms with E-state index in [2.05, 4.69) is 0 Å². The third-order valence-electron chi connectivity index (χ3n) is 2.84. The predicted octanol–water partition coefficient (Wildman–Crippen LogP) is 1.93. The Morgan fingerprint density at radius 2 is 1.83 bits per heavy atom. The highest BCUT2D eigenvalue weighted by Crippen LogP contribution is 2.14. The monoisotopic (exact) mass is 326 g/mol. The van der Waals surface area contributed by atoms with Crippen molar-refractivity contribution >= 4 is 5.97 Å². The molecule has 0 fully saturated rings. The SMILES string of the molecule is CCOCOCCOc1ccc(C[C@H](O)C(=O)OC(C)C)cc1. The molecule has 0 spiro atoms. The zero-order chi connectivity index (χ0) is 17.1. The smallest absolute Gasteiger partial charge is 0.335 e. The minimum absolute atomic E-state index is 0.212. The van der Waals surface area contributed by atoms with Crippen LogP contribution in [0.15, 0.2) is 24.3 Å². The number of hydrogen-bond donors (Lipinski definition) is 1. The van der Waals surface area contributed by atoms with Crippen LogP contribution in [-0.4, -0.2) is 49.9 Å². The van der Waals surface area contributed by atoms with E-state index in [1.165, 1.54) is 0 Å². The van der Waals surface area contributed by atoms with Gasteiger partial charge in [0.1, 0.15) is 19.1 Å². The Hall–Kier alpha value is -1.63. The van der Waals surface area contributed by atoms with Crippen molar-refractivity contribution in [3.05, 3.63) is 29.8 Å². The summed E-state index contributed by atoms with van der Waals surface area (Å²) >= 11 is 0. The standard InChI is InChI=1S/C17H26O6/c1-4-20-12-21-9-10-22-15-7-5-14(6-8-15)11-16(18)17(19)23-13(2)3/h5-8,13,16,18H,4,9-12H2,1-3H3/t16-/m0/s1. The number of hydrogen-bond acceptors (Lipinski definition) is 6. The van der Waals surface area contributed by atoms with E-state index in [1.54, 1.807) is 26.0 Å². The van der Waals surface area contributed by atoms with E-state index in [0.29, 0.717) is 25.6 Å². The van der Waals surface area contributed by atoms with Gasteiger partial charge in [-0.2, -0.15) is 0 Å². The van der Waals surface area contributed by atoms with Gasteiger partial charge in [0.15, 0.2) is 6.10 Å². The molecule has 0 heterocycles. The Morgan fingerprint density at radius 3 is 2.43 bits per heavy atom. The van der Waals surface area contributed by atoms with E-state index in [4.69, 9.17) is 18.9 Å². The molecule has 0 amide bonds. The second-order valence-electron chi connectivity index (χ2n) is 5.22. The molecule has 0 aromatic heterocycles. The normalized spacial score (nSPS) is 12.2. The molecule has 6 heteroatoms. The van der Waals surface area contributed by atoms with Crippen molar-refractivity contribution in [3.63, 3.8) is 0 Å². The van der Waals surface area contributed by atoms with Gasteiger partial charge in [0.05, 0.1) is 12.7 Å². The second kappa shape index (κ2) is 11.0. The van der Waals surface area contributed by atoms with Gasteiger partial charge in [-0.05, 0) is 38.5 Å². The number of rotatable bonds is 11. The van der Waals surface area contributed by atoms with E-state index in [0.717, 1.165) is 5.56 Å². The van der Waals surface area contributed by atoms with Crippen molar-refractivity contribution in [3.8, 4) is 5.75 Å². The van der Waals surface area contributed by atoms with Crippen molar-refractivity contribution in [1.29, 1.82) is 0 Å². The molecule has 0 bridgehead atoms. The van der Waals surface area contributed by atoms with Gasteiger partial charge in [0.2, 0.25) is 0 Å². The number of carbonyl (C=O) groups excluding carboxylic acids is 1. The first-order chi connectivity index (χ1) is 11.0. The molecule has 0 unspecified atom stereocenters. The lowest BCUT2D eigenvalue weighted by molar-refractivity contribution is -0.157. The van der Waals surface area contributed by atoms with Crippen molar-refractivity contribution in [1.82, 2.24) is 0 Å². The molecule has 1 atom stereocenters. The maximum absolute atomic E-state index is 11.6. The number of aliphatic hydroxyl groups excluding tert-OH is 1. The second-order valence-corrected chi connectivity index (χ2v) is 5.22. The molecule has 130 valence electrons. The molecule has 1 aromatic rings. The molecular weight excluding hydrogens is 300 g/mol. The summed E-state index contributed by atoms with van der Waals surface area (Å²) in [6.07, 6.45) is -1.18. The van der Waals surface area contributed by atoms with Crippen LogP contribution in [0, 0.1) is 0 Å². The molecule has 6 nitrogen and oxygen atoms in total. The summed E-state index contributed by atoms with van der Waals surface area (Å²) in [4.78, 5) is 11.6. The first-order valence-corrected chi connectivity index (χ1v) is 7.78. The van der Waals surface area contributed by atoms with Gasteiger partial charge < -0.3 is 24.1 Å². The predicted molar refractivity (Wildman–Crippen MR) is 85.3 cm³/mol. The third-order valence-corrected chi connectivity index (χ3v) is 2.84. The lowest BCUT2D eigenvalue weighted by atomic mass is 10.1. The molecule has 1 N–H and O–H groups in total. The molecule has 0 saturated carbocycles. The highest BCUT2D eigenvalue weighted by molar-refractivity contribution is 5.74. The minimum atomic E-state index is -1.16. The van der Waals surface area contributed by atoms with E-state index in [1.807, 2.05) is 19.1 Å². The summed E-state index contributed by atoms with van der Waals surface area (Å²) in [5.74, 6) is 0.0970. The van der Waals surface area contributed by atoms with Crippen LogP contribution in [0.5, 0.6) is 5.75 Å². The van der Waals surface area contributed by atoms with Crippen molar-refractivity contribution in [2.24, 2.45) is 0 Å². The molecule has 0 radical (unpaired) electrons. The van der Waals surface area contributed by atoms with Crippen LogP contribution in [0.2, 0.25) is 0 Å². The molecule has 0 saturated heterocycles. The summed E-state index contributed by atoms with van der Waals surface area (Å²) in [5, 5.41) is 9.80. The fourth-order valence-electron chi connectivity index (χ4n) is 1.76. The van der Waals surface area contributed by atoms with Gasteiger partial charge in [-0.3, -0.25) is 0 Å². The van der Waals surface area contributed by atoms with E-state index >= 15 is 0 Å². The molecule has 0 aliphatic rings. The van der Waals surface area contributed by atoms with Crippen LogP contribution >= 0.6 is 0 Å². The quantitative estimate of drug-likeness (QED) is 0.380. The topological polar surface area (TPSA) is 74.2 Å². The van der Waals surface area contributed by atoms with Gasteiger partial charge in [-0.15, -0.1) is 0 Å². The summed E-state index contributed by atoms with van der Waals surface area (Å²) < 4.78 is 20.7. The summed E-state index contributed by atoms with van der Waals surface area (Å²) in [6.45, 7) is 7.16. The third kappa shape index (κ3) is 8.54. The average molecular weight is 326 g/mol. The van der Waals surface area contributed by atoms with E-state index < -0.39 is 12.1 Å². The lowest BCUT2D eigenvalue weighted by Crippen LogP contribution is -2.27. The zero-order valence-corrected chi connectivity index (χ0v) is 14.0. The van der Waals surface area contributed by atoms with Crippen LogP contribution in [0.3, 0.4) is 0 Å². The Kier molecular flexibility index (Phi) is 9.28. The fourth-order valence-corrected chi connectivity index (χ4v) is 1.76. The summed E-state index contributed by atoms with van der Waals surface area (Å²) in [6, 6.07) is 7.20. The maximum atomic E-state index is 11.6. The minimum Gasteiger partial charge on any atom is -0.491 e. The number of esters is 1. The van der Waals surface area contributed by atoms with E-state index in [9.17, 15) is 9.90 Å². The van der Waals surface area contributed by atoms with Crippen LogP contribution in [0.25, 0.3) is 0 Å². The highest BCUT2D eigenvalue weighted by atomic mass is 16.7. The van der Waals surface area contributed by atoms with Crippen molar-refractivity contribution in [2.45, 2.75) is 39.4 Å². The van der Waals surface area contributed by atoms with Crippen LogP contribution < -0.4 is 4.74 Å². The van der Waals surface area contributed by atoms with E-state index in [-0.39, 0.29) is 19.3 Å². The molecule has 0 aliphatic heterocycles.